The molecule has 0 amide bonds. The van der Waals surface area contributed by atoms with Gasteiger partial charge in [0.05, 0.1) is 62.3 Å². The molecular formula is C45H25N5. The zero-order chi connectivity index (χ0) is 33.8. The molecule has 0 atom stereocenters. The monoisotopic (exact) mass is 635 g/mol. The highest BCUT2D eigenvalue weighted by molar-refractivity contribution is 6.11. The number of nitriles is 3. The number of nitrogens with zero attached hydrogens (tertiary/aromatic N) is 5. The fraction of sp³-hybridized carbons (Fsp3) is 0. The van der Waals surface area contributed by atoms with Gasteiger partial charge < -0.3 is 9.13 Å². The molecule has 0 radical (unpaired) electrons. The second-order valence-corrected chi connectivity index (χ2v) is 12.3. The van der Waals surface area contributed by atoms with Crippen LogP contribution >= 0.6 is 0 Å². The van der Waals surface area contributed by atoms with Crippen molar-refractivity contribution in [1.82, 2.24) is 9.13 Å². The molecule has 0 fully saturated rings. The van der Waals surface area contributed by atoms with Crippen molar-refractivity contribution in [2.75, 3.05) is 0 Å². The van der Waals surface area contributed by atoms with Crippen LogP contribution in [0.4, 0.5) is 0 Å². The van der Waals surface area contributed by atoms with E-state index in [0.717, 1.165) is 77.2 Å². The van der Waals surface area contributed by atoms with Crippen molar-refractivity contribution in [2.24, 2.45) is 0 Å². The lowest BCUT2D eigenvalue weighted by molar-refractivity contribution is 1.17. The van der Waals surface area contributed by atoms with E-state index < -0.39 is 0 Å². The number of rotatable bonds is 4. The molecule has 0 spiro atoms. The minimum atomic E-state index is 0.563. The van der Waals surface area contributed by atoms with E-state index >= 15 is 0 Å². The Hall–Kier alpha value is -7.39. The van der Waals surface area contributed by atoms with Crippen LogP contribution in [-0.2, 0) is 0 Å². The fourth-order valence-electron chi connectivity index (χ4n) is 7.37. The molecule has 7 aromatic carbocycles. The lowest BCUT2D eigenvalue weighted by atomic mass is 9.96. The van der Waals surface area contributed by atoms with Gasteiger partial charge in [0.1, 0.15) is 6.07 Å². The Bertz CT molecular complexity index is 2970. The Morgan fingerprint density at radius 2 is 0.900 bits per heavy atom. The van der Waals surface area contributed by atoms with Crippen LogP contribution in [0, 0.1) is 34.0 Å². The average Bonchev–Trinajstić information content (AvgIpc) is 3.69. The number of hydrogen-bond acceptors (Lipinski definition) is 3. The molecule has 5 nitrogen and oxygen atoms in total. The summed E-state index contributed by atoms with van der Waals surface area (Å²) in [6, 6.07) is 57.9. The van der Waals surface area contributed by atoms with Gasteiger partial charge in [-0.15, -0.1) is 0 Å². The third-order valence-corrected chi connectivity index (χ3v) is 9.61. The van der Waals surface area contributed by atoms with Gasteiger partial charge in [-0.1, -0.05) is 78.9 Å². The number of hydrogen-bond donors (Lipinski definition) is 0. The first-order valence-electron chi connectivity index (χ1n) is 16.3. The van der Waals surface area contributed by atoms with E-state index in [1.54, 1.807) is 0 Å². The first-order chi connectivity index (χ1) is 24.7. The van der Waals surface area contributed by atoms with Crippen LogP contribution in [0.15, 0.2) is 152 Å². The van der Waals surface area contributed by atoms with Crippen LogP contribution < -0.4 is 0 Å². The summed E-state index contributed by atoms with van der Waals surface area (Å²) in [6.45, 7) is 0. The van der Waals surface area contributed by atoms with Gasteiger partial charge in [-0.05, 0) is 89.5 Å². The lowest BCUT2D eigenvalue weighted by Gasteiger charge is -2.16. The van der Waals surface area contributed by atoms with Crippen molar-refractivity contribution in [3.63, 3.8) is 0 Å². The molecule has 0 aliphatic heterocycles. The van der Waals surface area contributed by atoms with Crippen molar-refractivity contribution < 1.29 is 0 Å². The van der Waals surface area contributed by atoms with Gasteiger partial charge >= 0.3 is 0 Å². The lowest BCUT2D eigenvalue weighted by Crippen LogP contribution is -1.99. The molecular weight excluding hydrogens is 611 g/mol. The van der Waals surface area contributed by atoms with Crippen molar-refractivity contribution >= 4 is 43.6 Å². The van der Waals surface area contributed by atoms with Gasteiger partial charge in [-0.3, -0.25) is 0 Å². The molecule has 0 aliphatic carbocycles. The first kappa shape index (κ1) is 28.8. The van der Waals surface area contributed by atoms with E-state index in [1.807, 2.05) is 72.8 Å². The molecule has 230 valence electrons. The summed E-state index contributed by atoms with van der Waals surface area (Å²) < 4.78 is 4.42. The third kappa shape index (κ3) is 4.38. The number of benzene rings is 7. The van der Waals surface area contributed by atoms with Crippen molar-refractivity contribution in [3.8, 4) is 51.8 Å². The average molecular weight is 636 g/mol. The second kappa shape index (κ2) is 11.4. The Morgan fingerprint density at radius 1 is 0.360 bits per heavy atom. The zero-order valence-corrected chi connectivity index (χ0v) is 26.7. The molecule has 0 aliphatic rings. The minimum absolute atomic E-state index is 0.563. The van der Waals surface area contributed by atoms with Crippen molar-refractivity contribution in [3.05, 3.63) is 168 Å². The first-order valence-corrected chi connectivity index (χ1v) is 16.3. The smallest absolute Gasteiger partial charge is 0.101 e. The maximum Gasteiger partial charge on any atom is 0.101 e. The van der Waals surface area contributed by atoms with Gasteiger partial charge in [-0.2, -0.15) is 15.8 Å². The van der Waals surface area contributed by atoms with E-state index in [1.165, 1.54) is 0 Å². The second-order valence-electron chi connectivity index (χ2n) is 12.3. The molecule has 0 saturated carbocycles. The Morgan fingerprint density at radius 3 is 1.54 bits per heavy atom. The van der Waals surface area contributed by atoms with Gasteiger partial charge in [0, 0.05) is 27.1 Å². The molecule has 2 heterocycles. The third-order valence-electron chi connectivity index (χ3n) is 9.61. The van der Waals surface area contributed by atoms with E-state index in [4.69, 9.17) is 0 Å². The summed E-state index contributed by atoms with van der Waals surface area (Å²) in [4.78, 5) is 0. The molecule has 50 heavy (non-hydrogen) atoms. The summed E-state index contributed by atoms with van der Waals surface area (Å²) in [5, 5.41) is 33.7. The Kier molecular flexibility index (Phi) is 6.56. The van der Waals surface area contributed by atoms with Crippen LogP contribution in [0.1, 0.15) is 16.7 Å². The molecule has 9 rings (SSSR count). The summed E-state index contributed by atoms with van der Waals surface area (Å²) >= 11 is 0. The maximum absolute atomic E-state index is 10.3. The van der Waals surface area contributed by atoms with Crippen molar-refractivity contribution in [2.45, 2.75) is 0 Å². The zero-order valence-electron chi connectivity index (χ0n) is 26.7. The van der Waals surface area contributed by atoms with Crippen LogP contribution in [0.2, 0.25) is 0 Å². The maximum atomic E-state index is 10.3. The van der Waals surface area contributed by atoms with E-state index in [9.17, 15) is 15.8 Å². The van der Waals surface area contributed by atoms with Gasteiger partial charge in [0.2, 0.25) is 0 Å². The summed E-state index contributed by atoms with van der Waals surface area (Å²) in [6.07, 6.45) is 0. The van der Waals surface area contributed by atoms with E-state index in [0.29, 0.717) is 16.7 Å². The standard InChI is InChI=1S/C45H25N5/c46-26-29-16-20-43-38(22-29)36-11-2-5-14-41(36)49(43)40-13-4-1-10-35(40)33-9-7-8-31(24-33)32-18-19-34(28-48)45(25-32)50-42-15-6-3-12-37(42)39-23-30(27-47)17-21-44(39)50/h1-25H. The van der Waals surface area contributed by atoms with Crippen LogP contribution in [0.3, 0.4) is 0 Å². The molecule has 0 N–H and O–H groups in total. The molecule has 0 saturated heterocycles. The summed E-state index contributed by atoms with van der Waals surface area (Å²) in [7, 11) is 0. The number of fused-ring (bicyclic) bond motifs is 6. The highest BCUT2D eigenvalue weighted by Crippen LogP contribution is 2.39. The van der Waals surface area contributed by atoms with Gasteiger partial charge in [-0.25, -0.2) is 0 Å². The van der Waals surface area contributed by atoms with Gasteiger partial charge in [0.25, 0.3) is 0 Å². The van der Waals surface area contributed by atoms with E-state index in [2.05, 4.69) is 106 Å². The number of para-hydroxylation sites is 3. The highest BCUT2D eigenvalue weighted by Gasteiger charge is 2.18. The predicted octanol–water partition coefficient (Wildman–Crippen LogP) is 10.8. The van der Waals surface area contributed by atoms with Crippen LogP contribution in [0.25, 0.3) is 77.2 Å². The topological polar surface area (TPSA) is 81.2 Å². The predicted molar refractivity (Wildman–Crippen MR) is 200 cm³/mol. The molecule has 0 unspecified atom stereocenters. The Labute approximate surface area is 287 Å². The van der Waals surface area contributed by atoms with Crippen LogP contribution in [0.5, 0.6) is 0 Å². The highest BCUT2D eigenvalue weighted by atomic mass is 15.0. The fourth-order valence-corrected chi connectivity index (χ4v) is 7.37. The van der Waals surface area contributed by atoms with Crippen LogP contribution in [-0.4, -0.2) is 9.13 Å². The SMILES string of the molecule is N#Cc1ccc2c(c1)c1ccccc1n2-c1cc(-c2cccc(-c3ccccc3-n3c4ccccc4c4cc(C#N)ccc43)c2)ccc1C#N. The largest absolute Gasteiger partial charge is 0.309 e. The summed E-state index contributed by atoms with van der Waals surface area (Å²) in [5.41, 5.74) is 11.8. The molecule has 2 aromatic heterocycles. The minimum Gasteiger partial charge on any atom is -0.309 e. The quantitative estimate of drug-likeness (QED) is 0.193. The van der Waals surface area contributed by atoms with Gasteiger partial charge in [0.15, 0.2) is 0 Å². The number of aromatic nitrogens is 2. The Balaban J connectivity index is 1.22. The molecule has 0 bridgehead atoms. The van der Waals surface area contributed by atoms with E-state index in [-0.39, 0.29) is 0 Å². The summed E-state index contributed by atoms with van der Waals surface area (Å²) in [5.74, 6) is 0. The molecule has 5 heteroatoms. The van der Waals surface area contributed by atoms with Crippen molar-refractivity contribution in [1.29, 1.82) is 15.8 Å². The normalized spacial score (nSPS) is 11.1. The molecule has 9 aromatic rings.